The van der Waals surface area contributed by atoms with Crippen molar-refractivity contribution in [3.8, 4) is 0 Å². The Bertz CT molecular complexity index is 475. The lowest BCUT2D eigenvalue weighted by molar-refractivity contribution is -0.130. The van der Waals surface area contributed by atoms with Crippen molar-refractivity contribution in [2.24, 2.45) is 5.92 Å². The largest absolute Gasteiger partial charge is 0.321 e. The van der Waals surface area contributed by atoms with Gasteiger partial charge in [-0.15, -0.1) is 0 Å². The predicted octanol–water partition coefficient (Wildman–Crippen LogP) is 2.81. The van der Waals surface area contributed by atoms with Crippen molar-refractivity contribution >= 4 is 17.7 Å². The van der Waals surface area contributed by atoms with Crippen LogP contribution in [0.5, 0.6) is 0 Å². The molecule has 20 heavy (non-hydrogen) atoms. The van der Waals surface area contributed by atoms with Gasteiger partial charge in [-0.3, -0.25) is 10.1 Å². The number of benzene rings is 1. The highest BCUT2D eigenvalue weighted by atomic mass is 32.2. The summed E-state index contributed by atoms with van der Waals surface area (Å²) in [5.41, 5.74) is 2.45. The summed E-state index contributed by atoms with van der Waals surface area (Å²) < 4.78 is 0. The molecule has 1 saturated heterocycles. The van der Waals surface area contributed by atoms with Crippen LogP contribution in [0.2, 0.25) is 0 Å². The lowest BCUT2D eigenvalue weighted by Crippen LogP contribution is -2.35. The molecule has 1 aliphatic heterocycles. The lowest BCUT2D eigenvalue weighted by atomic mass is 10.0. The zero-order valence-electron chi connectivity index (χ0n) is 12.7. The Morgan fingerprint density at radius 3 is 2.65 bits per heavy atom. The second-order valence-corrected chi connectivity index (χ2v) is 6.66. The van der Waals surface area contributed by atoms with Crippen LogP contribution in [0.3, 0.4) is 0 Å². The van der Waals surface area contributed by atoms with E-state index in [0.29, 0.717) is 5.92 Å². The number of nitrogens with zero attached hydrogens (tertiary/aromatic N) is 1. The topological polar surface area (TPSA) is 32.3 Å². The van der Waals surface area contributed by atoms with Gasteiger partial charge in [-0.2, -0.15) is 11.8 Å². The van der Waals surface area contributed by atoms with E-state index in [4.69, 9.17) is 0 Å². The minimum atomic E-state index is -0.0681. The van der Waals surface area contributed by atoms with Crippen LogP contribution in [0.1, 0.15) is 31.1 Å². The minimum Gasteiger partial charge on any atom is -0.321 e. The van der Waals surface area contributed by atoms with Crippen molar-refractivity contribution in [3.05, 3.63) is 35.4 Å². The second-order valence-electron chi connectivity index (χ2n) is 5.67. The first-order valence-electron chi connectivity index (χ1n) is 7.17. The Hall–Kier alpha value is -1.00. The summed E-state index contributed by atoms with van der Waals surface area (Å²) in [6.07, 6.45) is 2.10. The van der Waals surface area contributed by atoms with E-state index >= 15 is 0 Å². The van der Waals surface area contributed by atoms with E-state index in [-0.39, 0.29) is 18.1 Å². The average Bonchev–Trinajstić information content (AvgIpc) is 2.74. The van der Waals surface area contributed by atoms with E-state index in [1.54, 1.807) is 11.8 Å². The summed E-state index contributed by atoms with van der Waals surface area (Å²) in [7, 11) is 0. The molecule has 1 fully saturated rings. The molecule has 1 aromatic carbocycles. The van der Waals surface area contributed by atoms with Crippen molar-refractivity contribution in [1.82, 2.24) is 10.2 Å². The number of carbonyl (C=O) groups is 1. The third kappa shape index (κ3) is 3.01. The molecule has 1 aliphatic rings. The lowest BCUT2D eigenvalue weighted by Gasteiger charge is -2.25. The zero-order valence-corrected chi connectivity index (χ0v) is 13.5. The van der Waals surface area contributed by atoms with Crippen molar-refractivity contribution in [1.29, 1.82) is 0 Å². The molecule has 1 heterocycles. The predicted molar refractivity (Wildman–Crippen MR) is 85.8 cm³/mol. The van der Waals surface area contributed by atoms with Crippen molar-refractivity contribution in [2.75, 3.05) is 18.6 Å². The molecule has 4 heteroatoms. The van der Waals surface area contributed by atoms with E-state index in [0.717, 1.165) is 12.3 Å². The summed E-state index contributed by atoms with van der Waals surface area (Å²) >= 11 is 1.78. The molecule has 1 aromatic rings. The first kappa shape index (κ1) is 15.4. The monoisotopic (exact) mass is 292 g/mol. The third-order valence-electron chi connectivity index (χ3n) is 3.88. The summed E-state index contributed by atoms with van der Waals surface area (Å²) in [5.74, 6) is 1.52. The molecule has 0 bridgehead atoms. The van der Waals surface area contributed by atoms with E-state index < -0.39 is 0 Å². The molecular weight excluding hydrogens is 268 g/mol. The molecule has 0 spiro atoms. The molecule has 2 rings (SSSR count). The summed E-state index contributed by atoms with van der Waals surface area (Å²) in [6.45, 7) is 7.11. The van der Waals surface area contributed by atoms with Crippen molar-refractivity contribution in [3.63, 3.8) is 0 Å². The Balaban J connectivity index is 2.29. The summed E-state index contributed by atoms with van der Waals surface area (Å²) in [6, 6.07) is 8.25. The summed E-state index contributed by atoms with van der Waals surface area (Å²) in [5, 5.41) is 3.52. The molecular formula is C16H24N2OS. The zero-order chi connectivity index (χ0) is 14.7. The molecule has 0 aliphatic carbocycles. The fourth-order valence-electron chi connectivity index (χ4n) is 2.70. The highest BCUT2D eigenvalue weighted by Gasteiger charge is 2.40. The van der Waals surface area contributed by atoms with Crippen LogP contribution in [-0.4, -0.2) is 35.4 Å². The molecule has 1 amide bonds. The standard InChI is InChI=1S/C16H24N2OS/c1-11(2)14-16(19)18(9-10-20-4)15(17-14)13-8-6-5-7-12(13)3/h5-8,11,14-15,17H,9-10H2,1-4H3. The first-order chi connectivity index (χ1) is 9.56. The number of amides is 1. The third-order valence-corrected chi connectivity index (χ3v) is 4.48. The van der Waals surface area contributed by atoms with Crippen molar-refractivity contribution < 1.29 is 4.79 Å². The van der Waals surface area contributed by atoms with Gasteiger partial charge in [0, 0.05) is 12.3 Å². The number of hydrogen-bond donors (Lipinski definition) is 1. The second kappa shape index (κ2) is 6.64. The van der Waals surface area contributed by atoms with E-state index in [9.17, 15) is 4.79 Å². The number of thioether (sulfide) groups is 1. The maximum Gasteiger partial charge on any atom is 0.241 e. The van der Waals surface area contributed by atoms with E-state index in [2.05, 4.69) is 44.5 Å². The quantitative estimate of drug-likeness (QED) is 0.906. The maximum atomic E-state index is 12.6. The van der Waals surface area contributed by atoms with Crippen LogP contribution < -0.4 is 5.32 Å². The number of hydrogen-bond acceptors (Lipinski definition) is 3. The van der Waals surface area contributed by atoms with Gasteiger partial charge in [-0.1, -0.05) is 38.1 Å². The highest BCUT2D eigenvalue weighted by Crippen LogP contribution is 2.29. The minimum absolute atomic E-state index is 0.0169. The molecule has 0 aromatic heterocycles. The van der Waals surface area contributed by atoms with Crippen molar-refractivity contribution in [2.45, 2.75) is 33.0 Å². The number of aryl methyl sites for hydroxylation is 1. The molecule has 2 unspecified atom stereocenters. The van der Waals surface area contributed by atoms with Crippen LogP contribution in [0.15, 0.2) is 24.3 Å². The number of rotatable bonds is 5. The van der Waals surface area contributed by atoms with Crippen LogP contribution >= 0.6 is 11.8 Å². The fraction of sp³-hybridized carbons (Fsp3) is 0.562. The number of carbonyl (C=O) groups excluding carboxylic acids is 1. The van der Waals surface area contributed by atoms with Gasteiger partial charge in [0.15, 0.2) is 0 Å². The van der Waals surface area contributed by atoms with Gasteiger partial charge < -0.3 is 4.90 Å². The molecule has 1 N–H and O–H groups in total. The normalized spacial score (nSPS) is 22.9. The molecule has 2 atom stereocenters. The smallest absolute Gasteiger partial charge is 0.241 e. The van der Waals surface area contributed by atoms with E-state index in [1.165, 1.54) is 11.1 Å². The maximum absolute atomic E-state index is 12.6. The molecule has 0 saturated carbocycles. The van der Waals surface area contributed by atoms with Gasteiger partial charge in [0.05, 0.1) is 6.04 Å². The van der Waals surface area contributed by atoms with Crippen LogP contribution in [0, 0.1) is 12.8 Å². The molecule has 3 nitrogen and oxygen atoms in total. The van der Waals surface area contributed by atoms with Gasteiger partial charge in [0.25, 0.3) is 0 Å². The van der Waals surface area contributed by atoms with Crippen LogP contribution in [0.4, 0.5) is 0 Å². The fourth-order valence-corrected chi connectivity index (χ4v) is 3.07. The highest BCUT2D eigenvalue weighted by molar-refractivity contribution is 7.98. The van der Waals surface area contributed by atoms with Gasteiger partial charge in [-0.05, 0) is 30.2 Å². The van der Waals surface area contributed by atoms with Gasteiger partial charge in [0.1, 0.15) is 6.17 Å². The Morgan fingerprint density at radius 2 is 2.05 bits per heavy atom. The Morgan fingerprint density at radius 1 is 1.35 bits per heavy atom. The first-order valence-corrected chi connectivity index (χ1v) is 8.56. The average molecular weight is 292 g/mol. The SMILES string of the molecule is CSCCN1C(=O)C(C(C)C)NC1c1ccccc1C. The van der Waals surface area contributed by atoms with Crippen LogP contribution in [0.25, 0.3) is 0 Å². The summed E-state index contributed by atoms with van der Waals surface area (Å²) in [4.78, 5) is 14.6. The molecule has 110 valence electrons. The molecule has 0 radical (unpaired) electrons. The van der Waals surface area contributed by atoms with Crippen LogP contribution in [-0.2, 0) is 4.79 Å². The van der Waals surface area contributed by atoms with Gasteiger partial charge >= 0.3 is 0 Å². The van der Waals surface area contributed by atoms with E-state index in [1.807, 2.05) is 17.0 Å². The Kier molecular flexibility index (Phi) is 5.11. The Labute approximate surface area is 126 Å². The van der Waals surface area contributed by atoms with Gasteiger partial charge in [0.2, 0.25) is 5.91 Å². The number of nitrogens with one attached hydrogen (secondary N) is 1. The van der Waals surface area contributed by atoms with Gasteiger partial charge in [-0.25, -0.2) is 0 Å².